The molecule has 0 radical (unpaired) electrons. The van der Waals surface area contributed by atoms with Crippen molar-refractivity contribution in [2.24, 2.45) is 0 Å². The summed E-state index contributed by atoms with van der Waals surface area (Å²) in [5.41, 5.74) is -0.0869. The maximum absolute atomic E-state index is 13.8. The van der Waals surface area contributed by atoms with E-state index in [0.29, 0.717) is 23.6 Å². The number of hydrogen-bond donors (Lipinski definition) is 3. The summed E-state index contributed by atoms with van der Waals surface area (Å²) in [5, 5.41) is 7.85. The van der Waals surface area contributed by atoms with Gasteiger partial charge in [0.25, 0.3) is 0 Å². The van der Waals surface area contributed by atoms with E-state index in [1.807, 2.05) is 13.8 Å². The zero-order valence-electron chi connectivity index (χ0n) is 15.8. The summed E-state index contributed by atoms with van der Waals surface area (Å²) in [6, 6.07) is 5.66. The van der Waals surface area contributed by atoms with Crippen molar-refractivity contribution in [2.45, 2.75) is 44.0 Å². The van der Waals surface area contributed by atoms with Crippen molar-refractivity contribution in [3.8, 4) is 5.75 Å². The number of aromatic amines is 1. The number of fused-ring (bicyclic) bond motifs is 1. The highest BCUT2D eigenvalue weighted by Crippen LogP contribution is 2.44. The number of nitrogens with zero attached hydrogens (tertiary/aromatic N) is 1. The number of H-pyrrole nitrogens is 1. The van der Waals surface area contributed by atoms with Crippen LogP contribution in [0.5, 0.6) is 5.75 Å². The number of halogens is 1. The van der Waals surface area contributed by atoms with E-state index in [1.165, 1.54) is 24.4 Å². The van der Waals surface area contributed by atoms with Crippen molar-refractivity contribution in [1.29, 1.82) is 0 Å². The third kappa shape index (κ3) is 4.50. The van der Waals surface area contributed by atoms with Crippen molar-refractivity contribution in [1.82, 2.24) is 14.9 Å². The van der Waals surface area contributed by atoms with Crippen LogP contribution in [0.25, 0.3) is 0 Å². The molecule has 1 aliphatic heterocycles. The van der Waals surface area contributed by atoms with Crippen LogP contribution in [0.2, 0.25) is 0 Å². The van der Waals surface area contributed by atoms with Crippen molar-refractivity contribution in [3.05, 3.63) is 41.8 Å². The van der Waals surface area contributed by atoms with Gasteiger partial charge >= 0.3 is 0 Å². The molecule has 1 aromatic heterocycles. The molecule has 0 bridgehead atoms. The monoisotopic (exact) mass is 410 g/mol. The molecule has 3 N–H and O–H groups in total. The predicted molar refractivity (Wildman–Crippen MR) is 102 cm³/mol. The second-order valence-electron chi connectivity index (χ2n) is 7.44. The Morgan fingerprint density at radius 1 is 1.43 bits per heavy atom. The minimum Gasteiger partial charge on any atom is -0.488 e. The zero-order valence-corrected chi connectivity index (χ0v) is 16.6. The summed E-state index contributed by atoms with van der Waals surface area (Å²) in [7, 11) is -3.85. The maximum Gasteiger partial charge on any atom is 0.240 e. The van der Waals surface area contributed by atoms with Crippen LogP contribution in [0.3, 0.4) is 0 Å². The van der Waals surface area contributed by atoms with Crippen LogP contribution in [0, 0.1) is 5.82 Å². The Kier molecular flexibility index (Phi) is 5.44. The fourth-order valence-corrected chi connectivity index (χ4v) is 4.60. The molecule has 8 nitrogen and oxygen atoms in total. The third-order valence-corrected chi connectivity index (χ3v) is 6.59. The van der Waals surface area contributed by atoms with Crippen LogP contribution in [0.15, 0.2) is 30.5 Å². The van der Waals surface area contributed by atoms with Gasteiger partial charge in [-0.05, 0) is 45.4 Å². The highest BCUT2D eigenvalue weighted by Gasteiger charge is 2.41. The van der Waals surface area contributed by atoms with Gasteiger partial charge in [0.05, 0.1) is 18.0 Å². The fraction of sp³-hybridized carbons (Fsp3) is 0.444. The molecule has 0 saturated carbocycles. The van der Waals surface area contributed by atoms with Gasteiger partial charge in [-0.25, -0.2) is 17.5 Å². The summed E-state index contributed by atoms with van der Waals surface area (Å²) in [6.07, 6.45) is 1.86. The first-order valence-corrected chi connectivity index (χ1v) is 10.4. The lowest BCUT2D eigenvalue weighted by Crippen LogP contribution is -2.44. The van der Waals surface area contributed by atoms with Gasteiger partial charge in [0.15, 0.2) is 0 Å². The Balaban J connectivity index is 1.75. The molecular formula is C18H23FN4O4S. The highest BCUT2D eigenvalue weighted by atomic mass is 32.2. The van der Waals surface area contributed by atoms with Crippen LogP contribution in [-0.2, 0) is 14.8 Å². The molecule has 2 aromatic rings. The largest absolute Gasteiger partial charge is 0.488 e. The second-order valence-corrected chi connectivity index (χ2v) is 9.57. The number of rotatable bonds is 6. The molecule has 0 saturated heterocycles. The Morgan fingerprint density at radius 2 is 2.18 bits per heavy atom. The Labute approximate surface area is 162 Å². The highest BCUT2D eigenvalue weighted by molar-refractivity contribution is 7.90. The number of ether oxygens (including phenoxy) is 1. The van der Waals surface area contributed by atoms with Crippen molar-refractivity contribution < 1.29 is 22.3 Å². The van der Waals surface area contributed by atoms with E-state index in [-0.39, 0.29) is 0 Å². The van der Waals surface area contributed by atoms with Crippen LogP contribution >= 0.6 is 0 Å². The maximum atomic E-state index is 13.8. The number of hydrogen-bond acceptors (Lipinski definition) is 5. The lowest BCUT2D eigenvalue weighted by atomic mass is 9.82. The first kappa shape index (κ1) is 20.3. The fourth-order valence-electron chi connectivity index (χ4n) is 3.33. The molecule has 2 heterocycles. The van der Waals surface area contributed by atoms with E-state index >= 15 is 0 Å². The molecule has 152 valence electrons. The summed E-state index contributed by atoms with van der Waals surface area (Å²) >= 11 is 0. The number of amides is 1. The van der Waals surface area contributed by atoms with Crippen LogP contribution in [0.1, 0.15) is 38.7 Å². The van der Waals surface area contributed by atoms with Gasteiger partial charge in [-0.1, -0.05) is 0 Å². The van der Waals surface area contributed by atoms with Crippen molar-refractivity contribution >= 4 is 21.7 Å². The Hall–Kier alpha value is -2.46. The van der Waals surface area contributed by atoms with E-state index in [9.17, 15) is 17.6 Å². The van der Waals surface area contributed by atoms with E-state index in [4.69, 9.17) is 4.74 Å². The van der Waals surface area contributed by atoms with E-state index in [0.717, 1.165) is 0 Å². The lowest BCUT2D eigenvalue weighted by molar-refractivity contribution is -0.115. The van der Waals surface area contributed by atoms with Gasteiger partial charge in [-0.15, -0.1) is 0 Å². The summed E-state index contributed by atoms with van der Waals surface area (Å²) in [6.45, 7) is 4.85. The third-order valence-electron chi connectivity index (χ3n) is 4.73. The molecule has 10 heteroatoms. The Bertz CT molecular complexity index is 960. The number of carbonyl (C=O) groups is 1. The summed E-state index contributed by atoms with van der Waals surface area (Å²) in [5.74, 6) is -0.626. The molecule has 0 fully saturated rings. The molecule has 0 spiro atoms. The standard InChI is InChI=1S/C18H23FN4O4S/c1-11(28(25,26)21-10-17(24)22-16-6-7-20-23-16)14-9-18(2,3)27-15-5-4-12(19)8-13(14)15/h4-8,11,14,21H,9-10H2,1-3H3,(H2,20,22,23,24). The molecule has 1 aliphatic rings. The van der Waals surface area contributed by atoms with Crippen LogP contribution in [-0.4, -0.2) is 41.9 Å². The quantitative estimate of drug-likeness (QED) is 0.675. The molecule has 1 aromatic carbocycles. The SMILES string of the molecule is CC(C1CC(C)(C)Oc2ccc(F)cc21)S(=O)(=O)NCC(=O)Nc1ccn[nH]1. The first-order valence-electron chi connectivity index (χ1n) is 8.83. The Morgan fingerprint density at radius 3 is 2.86 bits per heavy atom. The molecule has 0 aliphatic carbocycles. The minimum absolute atomic E-state index is 0.368. The molecular weight excluding hydrogens is 387 g/mol. The van der Waals surface area contributed by atoms with Crippen LogP contribution < -0.4 is 14.8 Å². The van der Waals surface area contributed by atoms with Gasteiger partial charge in [-0.3, -0.25) is 9.89 Å². The number of nitrogens with one attached hydrogen (secondary N) is 3. The average molecular weight is 410 g/mol. The molecule has 2 unspecified atom stereocenters. The van der Waals surface area contributed by atoms with E-state index in [1.54, 1.807) is 13.0 Å². The topological polar surface area (TPSA) is 113 Å². The van der Waals surface area contributed by atoms with Crippen molar-refractivity contribution in [3.63, 3.8) is 0 Å². The number of sulfonamides is 1. The number of benzene rings is 1. The lowest BCUT2D eigenvalue weighted by Gasteiger charge is -2.39. The van der Waals surface area contributed by atoms with Gasteiger partial charge in [-0.2, -0.15) is 5.10 Å². The molecule has 1 amide bonds. The molecule has 28 heavy (non-hydrogen) atoms. The zero-order chi connectivity index (χ0) is 20.5. The van der Waals surface area contributed by atoms with E-state index < -0.39 is 45.1 Å². The van der Waals surface area contributed by atoms with Gasteiger partial charge in [0, 0.05) is 17.5 Å². The summed E-state index contributed by atoms with van der Waals surface area (Å²) < 4.78 is 47.6. The second kappa shape index (κ2) is 7.51. The van der Waals surface area contributed by atoms with Crippen molar-refractivity contribution in [2.75, 3.05) is 11.9 Å². The van der Waals surface area contributed by atoms with Crippen LogP contribution in [0.4, 0.5) is 10.2 Å². The number of carbonyl (C=O) groups excluding carboxylic acids is 1. The number of aromatic nitrogens is 2. The minimum atomic E-state index is -3.85. The smallest absolute Gasteiger partial charge is 0.240 e. The predicted octanol–water partition coefficient (Wildman–Crippen LogP) is 2.14. The van der Waals surface area contributed by atoms with Gasteiger partial charge in [0.2, 0.25) is 15.9 Å². The van der Waals surface area contributed by atoms with Gasteiger partial charge in [0.1, 0.15) is 23.0 Å². The normalized spacial score (nSPS) is 19.4. The van der Waals surface area contributed by atoms with E-state index in [2.05, 4.69) is 20.2 Å². The average Bonchev–Trinajstić information content (AvgIpc) is 3.11. The molecule has 3 rings (SSSR count). The van der Waals surface area contributed by atoms with Gasteiger partial charge < -0.3 is 10.1 Å². The molecule has 2 atom stereocenters. The first-order chi connectivity index (χ1) is 13.1. The number of anilines is 1. The summed E-state index contributed by atoms with van der Waals surface area (Å²) in [4.78, 5) is 11.9.